The van der Waals surface area contributed by atoms with E-state index < -0.39 is 0 Å². The fraction of sp³-hybridized carbons (Fsp3) is 1.00. The molecule has 1 rings (SSSR count). The summed E-state index contributed by atoms with van der Waals surface area (Å²) in [5.41, 5.74) is 0.134. The Kier molecular flexibility index (Phi) is 2.90. The number of likely N-dealkylation sites (tertiary alicyclic amines) is 1. The molecule has 0 amide bonds. The van der Waals surface area contributed by atoms with Crippen LogP contribution in [0.2, 0.25) is 0 Å². The summed E-state index contributed by atoms with van der Waals surface area (Å²) in [6.07, 6.45) is 3.51. The molecule has 66 valence electrons. The lowest BCUT2D eigenvalue weighted by molar-refractivity contribution is 0.0647. The first kappa shape index (κ1) is 9.01. The van der Waals surface area contributed by atoms with Gasteiger partial charge >= 0.3 is 0 Å². The van der Waals surface area contributed by atoms with Crippen molar-refractivity contribution in [2.45, 2.75) is 38.6 Å². The maximum absolute atomic E-state index is 9.28. The molecule has 1 aliphatic heterocycles. The third kappa shape index (κ3) is 1.42. The second-order valence-electron chi connectivity index (χ2n) is 3.42. The third-order valence-corrected chi connectivity index (χ3v) is 3.08. The van der Waals surface area contributed by atoms with Gasteiger partial charge in [-0.25, -0.2) is 0 Å². The van der Waals surface area contributed by atoms with E-state index in [1.54, 1.807) is 0 Å². The standard InChI is InChI=1S/C9H19NO/c1-3-9(8-11)6-5-7-10(9)4-2/h11H,3-8H2,1-2H3. The van der Waals surface area contributed by atoms with Crippen molar-refractivity contribution in [1.82, 2.24) is 4.90 Å². The summed E-state index contributed by atoms with van der Waals surface area (Å²) in [5.74, 6) is 0. The Bertz CT molecular complexity index is 121. The number of aliphatic hydroxyl groups is 1. The van der Waals surface area contributed by atoms with E-state index >= 15 is 0 Å². The van der Waals surface area contributed by atoms with Gasteiger partial charge in [0, 0.05) is 5.54 Å². The maximum atomic E-state index is 9.28. The summed E-state index contributed by atoms with van der Waals surface area (Å²) < 4.78 is 0. The van der Waals surface area contributed by atoms with E-state index in [1.165, 1.54) is 19.4 Å². The normalized spacial score (nSPS) is 33.0. The first-order valence-corrected chi connectivity index (χ1v) is 4.65. The average Bonchev–Trinajstić information content (AvgIpc) is 2.47. The van der Waals surface area contributed by atoms with E-state index in [0.717, 1.165) is 13.0 Å². The number of aliphatic hydroxyl groups excluding tert-OH is 1. The number of hydrogen-bond donors (Lipinski definition) is 1. The zero-order chi connectivity index (χ0) is 8.32. The van der Waals surface area contributed by atoms with Gasteiger partial charge in [-0.1, -0.05) is 13.8 Å². The van der Waals surface area contributed by atoms with Crippen LogP contribution in [0.5, 0.6) is 0 Å². The second-order valence-corrected chi connectivity index (χ2v) is 3.42. The highest BCUT2D eigenvalue weighted by molar-refractivity contribution is 4.93. The summed E-state index contributed by atoms with van der Waals surface area (Å²) in [6, 6.07) is 0. The molecular formula is C9H19NO. The summed E-state index contributed by atoms with van der Waals surface area (Å²) in [4.78, 5) is 2.41. The first-order valence-electron chi connectivity index (χ1n) is 4.65. The van der Waals surface area contributed by atoms with Gasteiger partial charge in [-0.2, -0.15) is 0 Å². The minimum Gasteiger partial charge on any atom is -0.394 e. The van der Waals surface area contributed by atoms with Gasteiger partial charge in [0.25, 0.3) is 0 Å². The molecule has 1 saturated heterocycles. The van der Waals surface area contributed by atoms with Gasteiger partial charge in [0.15, 0.2) is 0 Å². The summed E-state index contributed by atoms with van der Waals surface area (Å²) in [7, 11) is 0. The van der Waals surface area contributed by atoms with E-state index in [9.17, 15) is 5.11 Å². The molecule has 1 fully saturated rings. The molecule has 0 aromatic heterocycles. The Labute approximate surface area is 69.2 Å². The molecule has 0 aliphatic carbocycles. The smallest absolute Gasteiger partial charge is 0.0615 e. The fourth-order valence-corrected chi connectivity index (χ4v) is 2.18. The molecule has 0 radical (unpaired) electrons. The van der Waals surface area contributed by atoms with Crippen molar-refractivity contribution in [3.05, 3.63) is 0 Å². The van der Waals surface area contributed by atoms with E-state index in [-0.39, 0.29) is 5.54 Å². The monoisotopic (exact) mass is 157 g/mol. The van der Waals surface area contributed by atoms with Crippen LogP contribution in [0.4, 0.5) is 0 Å². The molecule has 0 aromatic carbocycles. The minimum atomic E-state index is 0.134. The van der Waals surface area contributed by atoms with Gasteiger partial charge in [-0.05, 0) is 32.4 Å². The van der Waals surface area contributed by atoms with Crippen molar-refractivity contribution >= 4 is 0 Å². The molecule has 0 spiro atoms. The first-order chi connectivity index (χ1) is 5.29. The van der Waals surface area contributed by atoms with Crippen LogP contribution in [0, 0.1) is 0 Å². The maximum Gasteiger partial charge on any atom is 0.0615 e. The Morgan fingerprint density at radius 2 is 2.18 bits per heavy atom. The van der Waals surface area contributed by atoms with Crippen LogP contribution < -0.4 is 0 Å². The van der Waals surface area contributed by atoms with Crippen LogP contribution in [0.25, 0.3) is 0 Å². The van der Waals surface area contributed by atoms with Crippen molar-refractivity contribution in [2.75, 3.05) is 19.7 Å². The van der Waals surface area contributed by atoms with Crippen LogP contribution >= 0.6 is 0 Å². The number of rotatable bonds is 3. The van der Waals surface area contributed by atoms with Crippen molar-refractivity contribution in [3.8, 4) is 0 Å². The highest BCUT2D eigenvalue weighted by Crippen LogP contribution is 2.31. The Morgan fingerprint density at radius 3 is 2.55 bits per heavy atom. The molecule has 1 aliphatic rings. The van der Waals surface area contributed by atoms with E-state index in [4.69, 9.17) is 0 Å². The van der Waals surface area contributed by atoms with Gasteiger partial charge < -0.3 is 5.11 Å². The van der Waals surface area contributed by atoms with Gasteiger partial charge in [0.1, 0.15) is 0 Å². The van der Waals surface area contributed by atoms with E-state index in [1.807, 2.05) is 0 Å². The van der Waals surface area contributed by atoms with Crippen LogP contribution in [-0.2, 0) is 0 Å². The van der Waals surface area contributed by atoms with E-state index in [2.05, 4.69) is 18.7 Å². The number of nitrogens with zero attached hydrogens (tertiary/aromatic N) is 1. The molecule has 1 unspecified atom stereocenters. The fourth-order valence-electron chi connectivity index (χ4n) is 2.18. The quantitative estimate of drug-likeness (QED) is 0.666. The predicted octanol–water partition coefficient (Wildman–Crippen LogP) is 1.24. The van der Waals surface area contributed by atoms with Crippen molar-refractivity contribution in [2.24, 2.45) is 0 Å². The Balaban J connectivity index is 2.63. The Hall–Kier alpha value is -0.0800. The van der Waals surface area contributed by atoms with Crippen LogP contribution in [-0.4, -0.2) is 35.2 Å². The molecule has 1 heterocycles. The highest BCUT2D eigenvalue weighted by Gasteiger charge is 2.37. The molecule has 0 saturated carbocycles. The highest BCUT2D eigenvalue weighted by atomic mass is 16.3. The topological polar surface area (TPSA) is 23.5 Å². The second kappa shape index (κ2) is 3.55. The van der Waals surface area contributed by atoms with Crippen molar-refractivity contribution in [3.63, 3.8) is 0 Å². The molecular weight excluding hydrogens is 138 g/mol. The zero-order valence-corrected chi connectivity index (χ0v) is 7.64. The van der Waals surface area contributed by atoms with Gasteiger partial charge in [0.05, 0.1) is 6.61 Å². The lowest BCUT2D eigenvalue weighted by Crippen LogP contribution is -2.46. The van der Waals surface area contributed by atoms with Crippen LogP contribution in [0.15, 0.2) is 0 Å². The van der Waals surface area contributed by atoms with Crippen LogP contribution in [0.3, 0.4) is 0 Å². The lowest BCUT2D eigenvalue weighted by atomic mass is 9.94. The molecule has 11 heavy (non-hydrogen) atoms. The Morgan fingerprint density at radius 1 is 1.45 bits per heavy atom. The van der Waals surface area contributed by atoms with Gasteiger partial charge in [-0.15, -0.1) is 0 Å². The van der Waals surface area contributed by atoms with Crippen molar-refractivity contribution < 1.29 is 5.11 Å². The largest absolute Gasteiger partial charge is 0.394 e. The number of hydrogen-bond acceptors (Lipinski definition) is 2. The van der Waals surface area contributed by atoms with Crippen molar-refractivity contribution in [1.29, 1.82) is 0 Å². The zero-order valence-electron chi connectivity index (χ0n) is 7.64. The molecule has 1 atom stereocenters. The third-order valence-electron chi connectivity index (χ3n) is 3.08. The van der Waals surface area contributed by atoms with Crippen LogP contribution in [0.1, 0.15) is 33.1 Å². The average molecular weight is 157 g/mol. The molecule has 1 N–H and O–H groups in total. The minimum absolute atomic E-state index is 0.134. The molecule has 2 nitrogen and oxygen atoms in total. The van der Waals surface area contributed by atoms with E-state index in [0.29, 0.717) is 6.61 Å². The lowest BCUT2D eigenvalue weighted by Gasteiger charge is -2.35. The summed E-state index contributed by atoms with van der Waals surface area (Å²) in [5, 5.41) is 9.28. The predicted molar refractivity (Wildman–Crippen MR) is 46.6 cm³/mol. The number of likely N-dealkylation sites (N-methyl/N-ethyl adjacent to an activating group) is 1. The molecule has 0 aromatic rings. The SMILES string of the molecule is CCN1CCCC1(CC)CO. The molecule has 0 bridgehead atoms. The summed E-state index contributed by atoms with van der Waals surface area (Å²) in [6.45, 7) is 6.92. The van der Waals surface area contributed by atoms with Gasteiger partial charge in [-0.3, -0.25) is 4.90 Å². The summed E-state index contributed by atoms with van der Waals surface area (Å²) >= 11 is 0. The van der Waals surface area contributed by atoms with Gasteiger partial charge in [0.2, 0.25) is 0 Å². The molecule has 2 heteroatoms.